The maximum Gasteiger partial charge on any atom is 0.165 e. The van der Waals surface area contributed by atoms with Crippen LogP contribution in [0.5, 0.6) is 0 Å². The second-order valence-electron chi connectivity index (χ2n) is 11.1. The van der Waals surface area contributed by atoms with Crippen molar-refractivity contribution >= 4 is 49.4 Å². The molecule has 3 nitrogen and oxygen atoms in total. The molecule has 0 saturated carbocycles. The van der Waals surface area contributed by atoms with Crippen molar-refractivity contribution < 1.29 is 0 Å². The molecule has 0 N–H and O–H groups in total. The Bertz CT molecular complexity index is 2270. The van der Waals surface area contributed by atoms with E-state index in [1.165, 1.54) is 55.2 Å². The van der Waals surface area contributed by atoms with Crippen LogP contribution in [0.1, 0.15) is 25.0 Å². The van der Waals surface area contributed by atoms with Crippen molar-refractivity contribution in [2.75, 3.05) is 0 Å². The molecule has 9 rings (SSSR count). The van der Waals surface area contributed by atoms with Crippen molar-refractivity contribution in [2.45, 2.75) is 19.3 Å². The molecule has 0 amide bonds. The number of fused-ring (bicyclic) bond motifs is 10. The van der Waals surface area contributed by atoms with Crippen LogP contribution in [0.15, 0.2) is 103 Å². The summed E-state index contributed by atoms with van der Waals surface area (Å²) in [5.74, 6) is 0. The van der Waals surface area contributed by atoms with E-state index >= 15 is 0 Å². The predicted molar refractivity (Wildman–Crippen MR) is 157 cm³/mol. The molecule has 0 fully saturated rings. The van der Waals surface area contributed by atoms with Gasteiger partial charge in [-0.2, -0.15) is 0 Å². The first-order chi connectivity index (χ1) is 18.6. The van der Waals surface area contributed by atoms with E-state index in [1.807, 2.05) is 24.3 Å². The van der Waals surface area contributed by atoms with Crippen LogP contribution < -0.4 is 0 Å². The molecule has 3 aromatic heterocycles. The lowest BCUT2D eigenvalue weighted by molar-refractivity contribution is 0.660. The lowest BCUT2D eigenvalue weighted by atomic mass is 9.82. The average Bonchev–Trinajstić information content (AvgIpc) is 3.54. The molecule has 0 bridgehead atoms. The smallest absolute Gasteiger partial charge is 0.165 e. The molecule has 0 aliphatic heterocycles. The SMILES string of the molecule is CC1(C)c2ccccc2-c2c(-c3ccc4c(c3)c3cccc5c6nc7ccccc7nc6n4c35)cccc21. The van der Waals surface area contributed by atoms with Crippen molar-refractivity contribution in [2.24, 2.45) is 0 Å². The van der Waals surface area contributed by atoms with E-state index < -0.39 is 0 Å². The number of nitrogens with zero attached hydrogens (tertiary/aromatic N) is 3. The zero-order chi connectivity index (χ0) is 25.2. The molecule has 38 heavy (non-hydrogen) atoms. The number of aromatic nitrogens is 3. The first kappa shape index (κ1) is 20.3. The summed E-state index contributed by atoms with van der Waals surface area (Å²) in [5.41, 5.74) is 14.2. The van der Waals surface area contributed by atoms with Gasteiger partial charge >= 0.3 is 0 Å². The Labute approximate surface area is 219 Å². The minimum atomic E-state index is -0.0110. The minimum absolute atomic E-state index is 0.0110. The summed E-state index contributed by atoms with van der Waals surface area (Å²) in [6.07, 6.45) is 0. The summed E-state index contributed by atoms with van der Waals surface area (Å²) < 4.78 is 2.31. The third-order valence-electron chi connectivity index (χ3n) is 8.72. The van der Waals surface area contributed by atoms with Crippen molar-refractivity contribution in [3.8, 4) is 22.3 Å². The van der Waals surface area contributed by atoms with Gasteiger partial charge in [-0.1, -0.05) is 92.7 Å². The molecule has 0 radical (unpaired) electrons. The Morgan fingerprint density at radius 2 is 1.32 bits per heavy atom. The number of para-hydroxylation sites is 3. The molecule has 0 spiro atoms. The molecule has 5 aromatic carbocycles. The van der Waals surface area contributed by atoms with Gasteiger partial charge in [-0.05, 0) is 57.6 Å². The third kappa shape index (κ3) is 2.35. The fourth-order valence-electron chi connectivity index (χ4n) is 6.97. The first-order valence-electron chi connectivity index (χ1n) is 13.2. The highest BCUT2D eigenvalue weighted by Gasteiger charge is 2.36. The molecule has 0 unspecified atom stereocenters. The molecular weight excluding hydrogens is 462 g/mol. The lowest BCUT2D eigenvalue weighted by Crippen LogP contribution is -2.14. The summed E-state index contributed by atoms with van der Waals surface area (Å²) in [7, 11) is 0. The monoisotopic (exact) mass is 485 g/mol. The summed E-state index contributed by atoms with van der Waals surface area (Å²) in [5, 5.41) is 3.66. The highest BCUT2D eigenvalue weighted by molar-refractivity contribution is 6.22. The van der Waals surface area contributed by atoms with E-state index in [1.54, 1.807) is 0 Å². The average molecular weight is 486 g/mol. The molecule has 3 heteroatoms. The molecule has 3 heterocycles. The van der Waals surface area contributed by atoms with Gasteiger partial charge in [-0.25, -0.2) is 9.97 Å². The van der Waals surface area contributed by atoms with Crippen molar-refractivity contribution in [1.82, 2.24) is 14.4 Å². The van der Waals surface area contributed by atoms with Gasteiger partial charge in [0, 0.05) is 21.6 Å². The van der Waals surface area contributed by atoms with Crippen LogP contribution in [-0.4, -0.2) is 14.4 Å². The molecule has 1 aliphatic carbocycles. The highest BCUT2D eigenvalue weighted by atomic mass is 15.0. The molecule has 0 atom stereocenters. The van der Waals surface area contributed by atoms with E-state index in [0.29, 0.717) is 0 Å². The van der Waals surface area contributed by atoms with Gasteiger partial charge < -0.3 is 0 Å². The van der Waals surface area contributed by atoms with Crippen LogP contribution in [0.3, 0.4) is 0 Å². The van der Waals surface area contributed by atoms with Gasteiger partial charge in [-0.15, -0.1) is 0 Å². The molecular formula is C35H23N3. The second kappa shape index (κ2) is 6.76. The molecule has 0 saturated heterocycles. The topological polar surface area (TPSA) is 30.2 Å². The predicted octanol–water partition coefficient (Wildman–Crippen LogP) is 8.75. The van der Waals surface area contributed by atoms with Gasteiger partial charge in [-0.3, -0.25) is 4.40 Å². The molecule has 1 aliphatic rings. The normalized spacial score (nSPS) is 14.3. The Kier molecular flexibility index (Phi) is 3.61. The Morgan fingerprint density at radius 1 is 0.605 bits per heavy atom. The number of hydrogen-bond acceptors (Lipinski definition) is 2. The van der Waals surface area contributed by atoms with Crippen LogP contribution in [0.2, 0.25) is 0 Å². The van der Waals surface area contributed by atoms with Crippen molar-refractivity contribution in [3.05, 3.63) is 114 Å². The fraction of sp³-hybridized carbons (Fsp3) is 0.0857. The number of rotatable bonds is 1. The largest absolute Gasteiger partial charge is 0.291 e. The zero-order valence-electron chi connectivity index (χ0n) is 21.2. The van der Waals surface area contributed by atoms with E-state index in [9.17, 15) is 0 Å². The number of hydrogen-bond donors (Lipinski definition) is 0. The van der Waals surface area contributed by atoms with Crippen LogP contribution in [0, 0.1) is 0 Å². The Hall–Kier alpha value is -4.76. The maximum absolute atomic E-state index is 5.09. The standard InChI is InChI=1S/C35H23N3/c1-35(2)26-13-4-3-9-23(26)31-21(10-8-14-27(31)35)20-17-18-30-25(19-20)22-11-7-12-24-32-34(38(30)33(22)24)37-29-16-6-5-15-28(29)36-32/h3-19H,1-2H3. The quantitative estimate of drug-likeness (QED) is 0.233. The summed E-state index contributed by atoms with van der Waals surface area (Å²) >= 11 is 0. The molecule has 8 aromatic rings. The van der Waals surface area contributed by atoms with Gasteiger partial charge in [0.1, 0.15) is 5.52 Å². The summed E-state index contributed by atoms with van der Waals surface area (Å²) in [6, 6.07) is 37.3. The van der Waals surface area contributed by atoms with E-state index in [2.05, 4.69) is 97.1 Å². The van der Waals surface area contributed by atoms with Crippen molar-refractivity contribution in [1.29, 1.82) is 0 Å². The first-order valence-corrected chi connectivity index (χ1v) is 13.2. The van der Waals surface area contributed by atoms with E-state index in [0.717, 1.165) is 27.6 Å². The van der Waals surface area contributed by atoms with E-state index in [-0.39, 0.29) is 5.41 Å². The van der Waals surface area contributed by atoms with Gasteiger partial charge in [0.15, 0.2) is 5.65 Å². The van der Waals surface area contributed by atoms with Gasteiger partial charge in [0.25, 0.3) is 0 Å². The fourth-order valence-corrected chi connectivity index (χ4v) is 6.97. The van der Waals surface area contributed by atoms with Gasteiger partial charge in [0.05, 0.1) is 22.1 Å². The third-order valence-corrected chi connectivity index (χ3v) is 8.72. The zero-order valence-corrected chi connectivity index (χ0v) is 21.2. The van der Waals surface area contributed by atoms with Crippen LogP contribution >= 0.6 is 0 Å². The van der Waals surface area contributed by atoms with Crippen LogP contribution in [0.25, 0.3) is 71.6 Å². The van der Waals surface area contributed by atoms with Crippen LogP contribution in [-0.2, 0) is 5.41 Å². The summed E-state index contributed by atoms with van der Waals surface area (Å²) in [4.78, 5) is 10.1. The van der Waals surface area contributed by atoms with Gasteiger partial charge in [0.2, 0.25) is 0 Å². The summed E-state index contributed by atoms with van der Waals surface area (Å²) in [6.45, 7) is 4.68. The second-order valence-corrected chi connectivity index (χ2v) is 11.1. The maximum atomic E-state index is 5.09. The lowest BCUT2D eigenvalue weighted by Gasteiger charge is -2.21. The molecule has 178 valence electrons. The minimum Gasteiger partial charge on any atom is -0.291 e. The van der Waals surface area contributed by atoms with Crippen LogP contribution in [0.4, 0.5) is 0 Å². The Morgan fingerprint density at radius 3 is 2.21 bits per heavy atom. The highest BCUT2D eigenvalue weighted by Crippen LogP contribution is 2.52. The van der Waals surface area contributed by atoms with E-state index in [4.69, 9.17) is 9.97 Å². The Balaban J connectivity index is 1.37. The number of benzene rings is 5. The van der Waals surface area contributed by atoms with Crippen molar-refractivity contribution in [3.63, 3.8) is 0 Å².